The van der Waals surface area contributed by atoms with Crippen LogP contribution in [0.1, 0.15) is 44.1 Å². The Labute approximate surface area is 212 Å². The van der Waals surface area contributed by atoms with Gasteiger partial charge in [-0.1, -0.05) is 42.0 Å². The molecule has 1 aliphatic rings. The fraction of sp³-hybridized carbons (Fsp3) is 0.179. The molecule has 6 rings (SSSR count). The number of benzene rings is 2. The quantitative estimate of drug-likeness (QED) is 0.385. The van der Waals surface area contributed by atoms with Gasteiger partial charge in [-0.25, -0.2) is 9.78 Å². The van der Waals surface area contributed by atoms with E-state index in [2.05, 4.69) is 25.1 Å². The molecule has 0 saturated heterocycles. The molecule has 0 unspecified atom stereocenters. The summed E-state index contributed by atoms with van der Waals surface area (Å²) >= 11 is 0. The van der Waals surface area contributed by atoms with Crippen molar-refractivity contribution in [3.63, 3.8) is 0 Å². The Morgan fingerprint density at radius 2 is 1.81 bits per heavy atom. The second-order valence-electron chi connectivity index (χ2n) is 9.41. The largest absolute Gasteiger partial charge is 0.478 e. The number of aromatic carboxylic acids is 1. The first kappa shape index (κ1) is 22.7. The zero-order chi connectivity index (χ0) is 25.6. The third kappa shape index (κ3) is 3.85. The number of carbonyl (C=O) groups is 2. The molecule has 9 heteroatoms. The average molecular weight is 493 g/mol. The first-order chi connectivity index (χ1) is 17.9. The Morgan fingerprint density at radius 1 is 1.03 bits per heavy atom. The van der Waals surface area contributed by atoms with Gasteiger partial charge in [0.2, 0.25) is 0 Å². The molecule has 0 fully saturated rings. The lowest BCUT2D eigenvalue weighted by Crippen LogP contribution is -2.51. The molecular formula is C28H24N6O3. The normalized spacial score (nSPS) is 16.9. The minimum absolute atomic E-state index is 0.289. The van der Waals surface area contributed by atoms with Crippen LogP contribution in [0.4, 0.5) is 0 Å². The van der Waals surface area contributed by atoms with Crippen LogP contribution in [0.25, 0.3) is 16.6 Å². The Bertz CT molecular complexity index is 1620. The predicted octanol–water partition coefficient (Wildman–Crippen LogP) is 3.90. The summed E-state index contributed by atoms with van der Waals surface area (Å²) in [6, 6.07) is 19.2. The summed E-state index contributed by atoms with van der Waals surface area (Å²) in [5.41, 5.74) is 4.23. The number of aromatic nitrogens is 5. The highest BCUT2D eigenvalue weighted by Crippen LogP contribution is 2.39. The monoisotopic (exact) mass is 492 g/mol. The average Bonchev–Trinajstić information content (AvgIpc) is 3.55. The van der Waals surface area contributed by atoms with E-state index in [1.165, 1.54) is 0 Å². The highest BCUT2D eigenvalue weighted by Gasteiger charge is 2.40. The maximum atomic E-state index is 13.5. The molecule has 1 atom stereocenters. The molecule has 37 heavy (non-hydrogen) atoms. The third-order valence-corrected chi connectivity index (χ3v) is 7.13. The zero-order valence-corrected chi connectivity index (χ0v) is 20.1. The van der Waals surface area contributed by atoms with E-state index in [0.717, 1.165) is 33.4 Å². The Morgan fingerprint density at radius 3 is 2.51 bits per heavy atom. The standard InChI is InChI=1S/C28H24N6O3/c1-18-7-10-23-21(13-18)25(27(36)37)24-11-12-28(15-34(23)24,19-5-3-2-4-6-19)32-26(35)22-9-8-20(14-29-22)33-16-30-31-17-33/h2-10,13-14,16-17H,11-12,15H2,1H3,(H,32,35)(H,36,37)/t28-/m1/s1. The molecule has 4 heterocycles. The van der Waals surface area contributed by atoms with Crippen molar-refractivity contribution in [2.24, 2.45) is 0 Å². The van der Waals surface area contributed by atoms with Crippen molar-refractivity contribution >= 4 is 22.8 Å². The molecule has 0 saturated carbocycles. The first-order valence-corrected chi connectivity index (χ1v) is 12.0. The topological polar surface area (TPSA) is 115 Å². The highest BCUT2D eigenvalue weighted by atomic mass is 16.4. The van der Waals surface area contributed by atoms with Crippen LogP contribution >= 0.6 is 0 Å². The Balaban J connectivity index is 1.41. The lowest BCUT2D eigenvalue weighted by Gasteiger charge is -2.40. The van der Waals surface area contributed by atoms with Crippen LogP contribution in [0.5, 0.6) is 0 Å². The number of pyridine rings is 1. The van der Waals surface area contributed by atoms with Crippen LogP contribution in [0.15, 0.2) is 79.5 Å². The maximum absolute atomic E-state index is 13.5. The molecule has 0 spiro atoms. The van der Waals surface area contributed by atoms with E-state index in [4.69, 9.17) is 0 Å². The number of hydrogen-bond acceptors (Lipinski definition) is 5. The van der Waals surface area contributed by atoms with Gasteiger partial charge in [0, 0.05) is 16.6 Å². The minimum Gasteiger partial charge on any atom is -0.478 e. The number of nitrogens with zero attached hydrogens (tertiary/aromatic N) is 5. The molecule has 1 aliphatic heterocycles. The van der Waals surface area contributed by atoms with Crippen molar-refractivity contribution in [2.45, 2.75) is 31.8 Å². The van der Waals surface area contributed by atoms with Crippen LogP contribution in [0, 0.1) is 6.92 Å². The molecular weight excluding hydrogens is 468 g/mol. The summed E-state index contributed by atoms with van der Waals surface area (Å²) in [4.78, 5) is 30.2. The van der Waals surface area contributed by atoms with Crippen molar-refractivity contribution in [1.29, 1.82) is 0 Å². The van der Waals surface area contributed by atoms with E-state index in [1.54, 1.807) is 35.6 Å². The summed E-state index contributed by atoms with van der Waals surface area (Å²) in [7, 11) is 0. The van der Waals surface area contributed by atoms with Crippen molar-refractivity contribution in [2.75, 3.05) is 0 Å². The zero-order valence-electron chi connectivity index (χ0n) is 20.1. The molecule has 0 bridgehead atoms. The van der Waals surface area contributed by atoms with Gasteiger partial charge in [0.15, 0.2) is 0 Å². The molecule has 1 amide bonds. The highest BCUT2D eigenvalue weighted by molar-refractivity contribution is 6.05. The number of carboxylic acids is 1. The molecule has 2 N–H and O–H groups in total. The second kappa shape index (κ2) is 8.70. The van der Waals surface area contributed by atoms with Gasteiger partial charge < -0.3 is 15.0 Å². The van der Waals surface area contributed by atoms with E-state index < -0.39 is 11.5 Å². The summed E-state index contributed by atoms with van der Waals surface area (Å²) < 4.78 is 3.76. The van der Waals surface area contributed by atoms with Gasteiger partial charge in [-0.3, -0.25) is 9.36 Å². The maximum Gasteiger partial charge on any atom is 0.338 e. The summed E-state index contributed by atoms with van der Waals surface area (Å²) in [6.07, 6.45) is 5.79. The number of nitrogens with one attached hydrogen (secondary N) is 1. The second-order valence-corrected chi connectivity index (χ2v) is 9.41. The van der Waals surface area contributed by atoms with Crippen LogP contribution in [0.2, 0.25) is 0 Å². The number of hydrogen-bond donors (Lipinski definition) is 2. The van der Waals surface area contributed by atoms with Gasteiger partial charge in [0.1, 0.15) is 18.3 Å². The number of aryl methyl sites for hydroxylation is 1. The number of fused-ring (bicyclic) bond motifs is 3. The summed E-state index contributed by atoms with van der Waals surface area (Å²) in [5.74, 6) is -1.23. The smallest absolute Gasteiger partial charge is 0.338 e. The van der Waals surface area contributed by atoms with Gasteiger partial charge in [0.05, 0.1) is 29.5 Å². The molecule has 9 nitrogen and oxygen atoms in total. The number of carbonyl (C=O) groups excluding carboxylic acids is 1. The van der Waals surface area contributed by atoms with Gasteiger partial charge >= 0.3 is 5.97 Å². The number of carboxylic acid groups (broad SMARTS) is 1. The third-order valence-electron chi connectivity index (χ3n) is 7.13. The summed E-state index contributed by atoms with van der Waals surface area (Å²) in [6.45, 7) is 2.36. The molecule has 0 aliphatic carbocycles. The molecule has 184 valence electrons. The van der Waals surface area contributed by atoms with Gasteiger partial charge in [-0.05, 0) is 49.6 Å². The number of amides is 1. The fourth-order valence-electron chi connectivity index (χ4n) is 5.34. The van der Waals surface area contributed by atoms with Gasteiger partial charge in [0.25, 0.3) is 5.91 Å². The molecule has 3 aromatic heterocycles. The lowest BCUT2D eigenvalue weighted by atomic mass is 9.81. The Kier molecular flexibility index (Phi) is 5.33. The van der Waals surface area contributed by atoms with Gasteiger partial charge in [-0.15, -0.1) is 10.2 Å². The molecule has 0 radical (unpaired) electrons. The van der Waals surface area contributed by atoms with Crippen LogP contribution < -0.4 is 5.32 Å². The van der Waals surface area contributed by atoms with Crippen LogP contribution in [0.3, 0.4) is 0 Å². The van der Waals surface area contributed by atoms with Crippen molar-refractivity contribution in [3.05, 3.63) is 108 Å². The van der Waals surface area contributed by atoms with E-state index in [9.17, 15) is 14.7 Å². The minimum atomic E-state index is -0.932. The predicted molar refractivity (Wildman–Crippen MR) is 137 cm³/mol. The number of rotatable bonds is 5. The molecule has 2 aromatic carbocycles. The summed E-state index contributed by atoms with van der Waals surface area (Å²) in [5, 5.41) is 21.6. The molecule has 5 aromatic rings. The van der Waals surface area contributed by atoms with E-state index in [0.29, 0.717) is 24.9 Å². The lowest BCUT2D eigenvalue weighted by molar-refractivity contribution is 0.0693. The van der Waals surface area contributed by atoms with Gasteiger partial charge in [-0.2, -0.15) is 0 Å². The van der Waals surface area contributed by atoms with E-state index in [-0.39, 0.29) is 11.6 Å². The fourth-order valence-corrected chi connectivity index (χ4v) is 5.34. The van der Waals surface area contributed by atoms with E-state index in [1.807, 2.05) is 55.5 Å². The van der Waals surface area contributed by atoms with Crippen LogP contribution in [-0.4, -0.2) is 41.3 Å². The first-order valence-electron chi connectivity index (χ1n) is 12.0. The van der Waals surface area contributed by atoms with Crippen molar-refractivity contribution in [1.82, 2.24) is 29.6 Å². The van der Waals surface area contributed by atoms with Crippen molar-refractivity contribution < 1.29 is 14.7 Å². The van der Waals surface area contributed by atoms with Crippen LogP contribution in [-0.2, 0) is 18.5 Å². The Hall–Kier alpha value is -4.79. The van der Waals surface area contributed by atoms with E-state index >= 15 is 0 Å². The SMILES string of the molecule is Cc1ccc2c(c1)c(C(=O)O)c1n2C[C@@](NC(=O)c2ccc(-n3cnnc3)cn2)(c2ccccc2)CC1. The van der Waals surface area contributed by atoms with Crippen molar-refractivity contribution in [3.8, 4) is 5.69 Å².